The van der Waals surface area contributed by atoms with Gasteiger partial charge in [0.05, 0.1) is 0 Å². The van der Waals surface area contributed by atoms with Crippen molar-refractivity contribution in [2.75, 3.05) is 0 Å². The predicted octanol–water partition coefficient (Wildman–Crippen LogP) is 11.6. The third kappa shape index (κ3) is 5.99. The van der Waals surface area contributed by atoms with Crippen LogP contribution in [0.1, 0.15) is 116 Å². The average Bonchev–Trinajstić information content (AvgIpc) is 3.22. The zero-order chi connectivity index (χ0) is 32.4. The minimum Gasteiger partial charge on any atom is -0.290 e. The van der Waals surface area contributed by atoms with Gasteiger partial charge in [-0.1, -0.05) is 144 Å². The van der Waals surface area contributed by atoms with E-state index in [4.69, 9.17) is 0 Å². The van der Waals surface area contributed by atoms with Gasteiger partial charge in [-0.25, -0.2) is 0 Å². The van der Waals surface area contributed by atoms with Crippen LogP contribution in [0.25, 0.3) is 27.8 Å². The van der Waals surface area contributed by atoms with Gasteiger partial charge in [-0.05, 0) is 113 Å². The molecule has 0 aromatic rings. The van der Waals surface area contributed by atoms with Gasteiger partial charge in [-0.2, -0.15) is 0 Å². The molecule has 0 spiro atoms. The molecule has 0 radical (unpaired) electrons. The van der Waals surface area contributed by atoms with Crippen molar-refractivity contribution in [3.8, 4) is 22.3 Å². The summed E-state index contributed by atoms with van der Waals surface area (Å²) in [5.41, 5.74) is 15.0. The van der Waals surface area contributed by atoms with Gasteiger partial charge in [0.1, 0.15) is 0 Å². The van der Waals surface area contributed by atoms with Crippen LogP contribution in [-0.2, 0) is 26.5 Å². The SMILES string of the molecule is CC(C)(C)c1ccc2c(C(=C3C=CC(=O)C=C3)c3cc(C(C)(C)C)c4ccc(C(C)(C)C)ccc3-4)cc(C(C)(C)C)c-2cc1. The van der Waals surface area contributed by atoms with E-state index in [9.17, 15) is 4.79 Å². The number of ketones is 1. The first kappa shape index (κ1) is 31.7. The van der Waals surface area contributed by atoms with E-state index < -0.39 is 0 Å². The van der Waals surface area contributed by atoms with Crippen LogP contribution in [-0.4, -0.2) is 5.78 Å². The van der Waals surface area contributed by atoms with E-state index in [1.54, 1.807) is 12.2 Å². The standard InChI is InChI=1S/C43H50O/c1-40(2,3)28-15-21-31-33(23-17-28)37(42(7,8)9)25-35(31)39(27-13-19-30(44)20-14-27)36-26-38(43(10,11)12)34-24-18-29(41(4,5)6)16-22-32(34)36/h13-26H,1-12H3. The molecule has 1 heteroatoms. The molecule has 0 N–H and O–H groups in total. The van der Waals surface area contributed by atoms with Crippen molar-refractivity contribution in [2.45, 2.75) is 105 Å². The lowest BCUT2D eigenvalue weighted by atomic mass is 9.85. The minimum absolute atomic E-state index is 0.0287. The number of allylic oxidation sites excluding steroid dienone is 5. The Bertz CT molecular complexity index is 1650. The van der Waals surface area contributed by atoms with Gasteiger partial charge in [-0.15, -0.1) is 0 Å². The fourth-order valence-corrected chi connectivity index (χ4v) is 6.43. The molecule has 0 fully saturated rings. The lowest BCUT2D eigenvalue weighted by Crippen LogP contribution is -2.10. The van der Waals surface area contributed by atoms with Crippen molar-refractivity contribution in [1.29, 1.82) is 0 Å². The Balaban J connectivity index is 1.93. The third-order valence-electron chi connectivity index (χ3n) is 9.07. The van der Waals surface area contributed by atoms with Crippen LogP contribution in [0.4, 0.5) is 0 Å². The molecule has 0 aromatic heterocycles. The van der Waals surface area contributed by atoms with Gasteiger partial charge < -0.3 is 0 Å². The van der Waals surface area contributed by atoms with Crippen molar-refractivity contribution in [2.24, 2.45) is 0 Å². The topological polar surface area (TPSA) is 17.1 Å². The number of rotatable bonds is 2. The molecule has 0 bridgehead atoms. The largest absolute Gasteiger partial charge is 0.290 e. The first-order valence-electron chi connectivity index (χ1n) is 16.1. The first-order valence-corrected chi connectivity index (χ1v) is 16.1. The molecule has 228 valence electrons. The molecule has 0 unspecified atom stereocenters. The number of carbonyl (C=O) groups excluding carboxylic acids is 1. The van der Waals surface area contributed by atoms with Crippen molar-refractivity contribution in [3.63, 3.8) is 0 Å². The van der Waals surface area contributed by atoms with Crippen LogP contribution >= 0.6 is 0 Å². The van der Waals surface area contributed by atoms with E-state index in [0.29, 0.717) is 0 Å². The van der Waals surface area contributed by atoms with Gasteiger partial charge in [0.2, 0.25) is 0 Å². The van der Waals surface area contributed by atoms with Gasteiger partial charge in [0, 0.05) is 0 Å². The van der Waals surface area contributed by atoms with Crippen LogP contribution in [0.3, 0.4) is 0 Å². The summed E-state index contributed by atoms with van der Waals surface area (Å²) < 4.78 is 0. The lowest BCUT2D eigenvalue weighted by molar-refractivity contribution is -0.110. The number of hydrogen-bond acceptors (Lipinski definition) is 1. The molecule has 0 atom stereocenters. The summed E-state index contributed by atoms with van der Waals surface area (Å²) in [5, 5.41) is 0. The van der Waals surface area contributed by atoms with Gasteiger partial charge in [0.25, 0.3) is 0 Å². The Labute approximate surface area is 266 Å². The molecule has 44 heavy (non-hydrogen) atoms. The zero-order valence-corrected chi connectivity index (χ0v) is 29.0. The summed E-state index contributed by atoms with van der Waals surface area (Å²) in [5.74, 6) is 0.0287. The molecule has 1 nitrogen and oxygen atoms in total. The molecule has 5 aliphatic carbocycles. The third-order valence-corrected chi connectivity index (χ3v) is 9.07. The van der Waals surface area contributed by atoms with Gasteiger partial charge >= 0.3 is 0 Å². The van der Waals surface area contributed by atoms with Crippen LogP contribution in [0.5, 0.6) is 0 Å². The summed E-state index contributed by atoms with van der Waals surface area (Å²) >= 11 is 0. The van der Waals surface area contributed by atoms with Crippen LogP contribution < -0.4 is 0 Å². The van der Waals surface area contributed by atoms with Gasteiger partial charge in [-0.3, -0.25) is 4.79 Å². The number of carbonyl (C=O) groups is 1. The minimum atomic E-state index is -0.0462. The molecule has 5 aliphatic rings. The Hall–Kier alpha value is -3.71. The van der Waals surface area contributed by atoms with Crippen molar-refractivity contribution < 1.29 is 4.79 Å². The predicted molar refractivity (Wildman–Crippen MR) is 190 cm³/mol. The second kappa shape index (κ2) is 10.7. The summed E-state index contributed by atoms with van der Waals surface area (Å²) in [6.45, 7) is 27.5. The van der Waals surface area contributed by atoms with Crippen molar-refractivity contribution >= 4 is 11.4 Å². The van der Waals surface area contributed by atoms with E-state index >= 15 is 0 Å². The molecule has 0 amide bonds. The maximum atomic E-state index is 12.3. The van der Waals surface area contributed by atoms with E-state index in [1.807, 2.05) is 12.2 Å². The zero-order valence-electron chi connectivity index (χ0n) is 29.0. The molecular formula is C43H50O. The van der Waals surface area contributed by atoms with Gasteiger partial charge in [0.15, 0.2) is 5.78 Å². The summed E-state index contributed by atoms with van der Waals surface area (Å²) in [7, 11) is 0. The fourth-order valence-electron chi connectivity index (χ4n) is 6.43. The van der Waals surface area contributed by atoms with Crippen LogP contribution in [0, 0.1) is 0 Å². The highest BCUT2D eigenvalue weighted by molar-refractivity contribution is 6.06. The summed E-state index contributed by atoms with van der Waals surface area (Å²) in [6.07, 6.45) is 7.43. The maximum Gasteiger partial charge on any atom is 0.178 e. The van der Waals surface area contributed by atoms with E-state index in [0.717, 1.165) is 5.57 Å². The first-order chi connectivity index (χ1) is 20.3. The Morgan fingerprint density at radius 2 is 0.773 bits per heavy atom. The van der Waals surface area contributed by atoms with Crippen molar-refractivity contribution in [1.82, 2.24) is 0 Å². The number of hydrogen-bond donors (Lipinski definition) is 0. The van der Waals surface area contributed by atoms with Crippen LogP contribution in [0.2, 0.25) is 0 Å². The molecule has 0 saturated heterocycles. The average molecular weight is 583 g/mol. The van der Waals surface area contributed by atoms with E-state index in [-0.39, 0.29) is 27.4 Å². The van der Waals surface area contributed by atoms with Crippen LogP contribution in [0.15, 0.2) is 90.5 Å². The summed E-state index contributed by atoms with van der Waals surface area (Å²) in [6, 6.07) is 23.4. The summed E-state index contributed by atoms with van der Waals surface area (Å²) in [4.78, 5) is 12.3. The highest BCUT2D eigenvalue weighted by atomic mass is 16.1. The Morgan fingerprint density at radius 3 is 1.09 bits per heavy atom. The fraction of sp³-hybridized carbons (Fsp3) is 0.372. The molecule has 0 aromatic carbocycles. The Morgan fingerprint density at radius 1 is 0.432 bits per heavy atom. The van der Waals surface area contributed by atoms with E-state index in [1.165, 1.54) is 61.2 Å². The van der Waals surface area contributed by atoms with Crippen molar-refractivity contribution in [3.05, 3.63) is 124 Å². The second-order valence-corrected chi connectivity index (χ2v) is 16.7. The maximum absolute atomic E-state index is 12.3. The Kier molecular flexibility index (Phi) is 7.73. The molecule has 0 saturated carbocycles. The molecule has 0 heterocycles. The normalized spacial score (nSPS) is 14.6. The molecular weight excluding hydrogens is 532 g/mol. The lowest BCUT2D eigenvalue weighted by Gasteiger charge is -2.19. The molecule has 5 rings (SSSR count). The smallest absolute Gasteiger partial charge is 0.178 e. The quantitative estimate of drug-likeness (QED) is 0.230. The highest BCUT2D eigenvalue weighted by Crippen LogP contribution is 2.49. The highest BCUT2D eigenvalue weighted by Gasteiger charge is 2.31. The molecule has 0 aliphatic heterocycles. The van der Waals surface area contributed by atoms with E-state index in [2.05, 4.69) is 144 Å². The number of fused-ring (bicyclic) bond motifs is 2. The monoisotopic (exact) mass is 582 g/mol. The second-order valence-electron chi connectivity index (χ2n) is 16.7.